The molecular weight excluding hydrogens is 367 g/mol. The van der Waals surface area contributed by atoms with Gasteiger partial charge in [-0.3, -0.25) is 9.78 Å². The predicted molar refractivity (Wildman–Crippen MR) is 99.1 cm³/mol. The fourth-order valence-corrected chi connectivity index (χ4v) is 2.94. The van der Waals surface area contributed by atoms with Gasteiger partial charge in [-0.2, -0.15) is 0 Å². The number of benzene rings is 2. The van der Waals surface area contributed by atoms with Crippen LogP contribution in [0.1, 0.15) is 10.4 Å². The van der Waals surface area contributed by atoms with E-state index in [0.717, 1.165) is 5.56 Å². The molecule has 0 radical (unpaired) electrons. The first kappa shape index (κ1) is 16.8. The Bertz CT molecular complexity index is 875. The molecule has 0 atom stereocenters. The minimum Gasteiger partial charge on any atom is -0.322 e. The number of hydrogen-bond acceptors (Lipinski definition) is 2. The second kappa shape index (κ2) is 7.22. The van der Waals surface area contributed by atoms with Gasteiger partial charge < -0.3 is 5.32 Å². The molecule has 3 rings (SSSR count). The summed E-state index contributed by atoms with van der Waals surface area (Å²) in [6, 6.07) is 15.7. The Morgan fingerprint density at radius 2 is 1.62 bits per heavy atom. The second-order valence-corrected chi connectivity index (χ2v) is 6.30. The SMILES string of the molecule is O=C(Nc1cc(Cl)cc(Cl)c1)c1ccc(-c2ccccc2Cl)nc1. The van der Waals surface area contributed by atoms with E-state index in [9.17, 15) is 4.79 Å². The molecule has 1 N–H and O–H groups in total. The van der Waals surface area contributed by atoms with Crippen molar-refractivity contribution in [2.75, 3.05) is 5.32 Å². The van der Waals surface area contributed by atoms with Crippen LogP contribution in [0.3, 0.4) is 0 Å². The van der Waals surface area contributed by atoms with Crippen molar-refractivity contribution in [3.05, 3.63) is 81.4 Å². The zero-order valence-corrected chi connectivity index (χ0v) is 14.5. The Morgan fingerprint density at radius 3 is 2.25 bits per heavy atom. The Labute approximate surface area is 154 Å². The van der Waals surface area contributed by atoms with Crippen molar-refractivity contribution in [2.45, 2.75) is 0 Å². The van der Waals surface area contributed by atoms with Crippen LogP contribution in [0.15, 0.2) is 60.8 Å². The second-order valence-electron chi connectivity index (χ2n) is 5.02. The monoisotopic (exact) mass is 376 g/mol. The molecule has 0 bridgehead atoms. The van der Waals surface area contributed by atoms with Gasteiger partial charge in [-0.1, -0.05) is 53.0 Å². The van der Waals surface area contributed by atoms with Gasteiger partial charge >= 0.3 is 0 Å². The van der Waals surface area contributed by atoms with Crippen LogP contribution in [0.5, 0.6) is 0 Å². The molecule has 0 saturated carbocycles. The average molecular weight is 378 g/mol. The van der Waals surface area contributed by atoms with Crippen molar-refractivity contribution in [2.24, 2.45) is 0 Å². The van der Waals surface area contributed by atoms with Crippen molar-refractivity contribution in [1.29, 1.82) is 0 Å². The molecule has 0 saturated heterocycles. The van der Waals surface area contributed by atoms with Gasteiger partial charge in [-0.15, -0.1) is 0 Å². The molecule has 0 aliphatic rings. The molecule has 0 fully saturated rings. The molecule has 1 heterocycles. The maximum atomic E-state index is 12.3. The summed E-state index contributed by atoms with van der Waals surface area (Å²) in [5.41, 5.74) is 2.45. The van der Waals surface area contributed by atoms with Gasteiger partial charge in [0, 0.05) is 32.5 Å². The third kappa shape index (κ3) is 3.88. The number of carbonyl (C=O) groups excluding carboxylic acids is 1. The fourth-order valence-electron chi connectivity index (χ4n) is 2.19. The van der Waals surface area contributed by atoms with Crippen molar-refractivity contribution < 1.29 is 4.79 Å². The number of nitrogens with one attached hydrogen (secondary N) is 1. The maximum absolute atomic E-state index is 12.3. The van der Waals surface area contributed by atoms with Crippen LogP contribution < -0.4 is 5.32 Å². The molecule has 120 valence electrons. The lowest BCUT2D eigenvalue weighted by Crippen LogP contribution is -2.12. The van der Waals surface area contributed by atoms with Gasteiger partial charge in [0.2, 0.25) is 0 Å². The van der Waals surface area contributed by atoms with E-state index in [1.54, 1.807) is 36.4 Å². The first-order valence-electron chi connectivity index (χ1n) is 7.01. The van der Waals surface area contributed by atoms with Crippen LogP contribution in [0.25, 0.3) is 11.3 Å². The number of hydrogen-bond donors (Lipinski definition) is 1. The standard InChI is InChI=1S/C18H11Cl3N2O/c19-12-7-13(20)9-14(8-12)23-18(24)11-5-6-17(22-10-11)15-3-1-2-4-16(15)21/h1-10H,(H,23,24). The Hall–Kier alpha value is -2.07. The van der Waals surface area contributed by atoms with E-state index in [1.807, 2.05) is 18.2 Å². The summed E-state index contributed by atoms with van der Waals surface area (Å²) in [6.07, 6.45) is 1.50. The van der Waals surface area contributed by atoms with Crippen molar-refractivity contribution in [3.63, 3.8) is 0 Å². The smallest absolute Gasteiger partial charge is 0.257 e. The first-order valence-corrected chi connectivity index (χ1v) is 8.15. The third-order valence-electron chi connectivity index (χ3n) is 3.30. The van der Waals surface area contributed by atoms with E-state index in [-0.39, 0.29) is 5.91 Å². The first-order chi connectivity index (χ1) is 11.5. The molecule has 0 unspecified atom stereocenters. The van der Waals surface area contributed by atoms with Crippen LogP contribution >= 0.6 is 34.8 Å². The van der Waals surface area contributed by atoms with Gasteiger partial charge in [-0.05, 0) is 36.4 Å². The topological polar surface area (TPSA) is 42.0 Å². The highest BCUT2D eigenvalue weighted by atomic mass is 35.5. The average Bonchev–Trinajstić information content (AvgIpc) is 2.54. The van der Waals surface area contributed by atoms with Crippen molar-refractivity contribution in [1.82, 2.24) is 4.98 Å². The number of anilines is 1. The Kier molecular flexibility index (Phi) is 5.05. The fraction of sp³-hybridized carbons (Fsp3) is 0. The summed E-state index contributed by atoms with van der Waals surface area (Å²) in [7, 11) is 0. The van der Waals surface area contributed by atoms with E-state index in [4.69, 9.17) is 34.8 Å². The Morgan fingerprint density at radius 1 is 0.917 bits per heavy atom. The number of carbonyl (C=O) groups is 1. The number of amides is 1. The normalized spacial score (nSPS) is 10.5. The summed E-state index contributed by atoms with van der Waals surface area (Å²) in [5.74, 6) is -0.299. The molecule has 0 aliphatic heterocycles. The molecule has 0 aliphatic carbocycles. The summed E-state index contributed by atoms with van der Waals surface area (Å²) in [4.78, 5) is 16.6. The lowest BCUT2D eigenvalue weighted by molar-refractivity contribution is 0.102. The van der Waals surface area contributed by atoms with E-state index in [2.05, 4.69) is 10.3 Å². The highest BCUT2D eigenvalue weighted by Crippen LogP contribution is 2.26. The zero-order chi connectivity index (χ0) is 17.1. The summed E-state index contributed by atoms with van der Waals surface area (Å²) in [5, 5.41) is 4.24. The van der Waals surface area contributed by atoms with Crippen LogP contribution in [0.4, 0.5) is 5.69 Å². The number of halogens is 3. The number of nitrogens with zero attached hydrogens (tertiary/aromatic N) is 1. The van der Waals surface area contributed by atoms with Crippen LogP contribution in [-0.4, -0.2) is 10.9 Å². The van der Waals surface area contributed by atoms with Gasteiger partial charge in [0.25, 0.3) is 5.91 Å². The number of pyridine rings is 1. The van der Waals surface area contributed by atoms with E-state index in [1.165, 1.54) is 6.20 Å². The van der Waals surface area contributed by atoms with Gasteiger partial charge in [0.1, 0.15) is 0 Å². The Balaban J connectivity index is 1.80. The van der Waals surface area contributed by atoms with Crippen LogP contribution in [0.2, 0.25) is 15.1 Å². The summed E-state index contributed by atoms with van der Waals surface area (Å²) < 4.78 is 0. The van der Waals surface area contributed by atoms with Crippen LogP contribution in [-0.2, 0) is 0 Å². The van der Waals surface area contributed by atoms with Crippen LogP contribution in [0, 0.1) is 0 Å². The van der Waals surface area contributed by atoms with Gasteiger partial charge in [0.05, 0.1) is 11.3 Å². The highest BCUT2D eigenvalue weighted by Gasteiger charge is 2.10. The molecule has 0 spiro atoms. The zero-order valence-electron chi connectivity index (χ0n) is 12.3. The molecule has 24 heavy (non-hydrogen) atoms. The molecular formula is C18H11Cl3N2O. The third-order valence-corrected chi connectivity index (χ3v) is 4.06. The minimum atomic E-state index is -0.299. The van der Waals surface area contributed by atoms with Crippen molar-refractivity contribution >= 4 is 46.4 Å². The summed E-state index contributed by atoms with van der Waals surface area (Å²) in [6.45, 7) is 0. The lowest BCUT2D eigenvalue weighted by Gasteiger charge is -2.07. The van der Waals surface area contributed by atoms with Crippen molar-refractivity contribution in [3.8, 4) is 11.3 Å². The molecule has 2 aromatic carbocycles. The highest BCUT2D eigenvalue weighted by molar-refractivity contribution is 6.35. The molecule has 1 aromatic heterocycles. The van der Waals surface area contributed by atoms with Gasteiger partial charge in [0.15, 0.2) is 0 Å². The summed E-state index contributed by atoms with van der Waals surface area (Å²) >= 11 is 18.0. The van der Waals surface area contributed by atoms with Gasteiger partial charge in [-0.25, -0.2) is 0 Å². The molecule has 3 aromatic rings. The maximum Gasteiger partial charge on any atom is 0.257 e. The molecule has 1 amide bonds. The quantitative estimate of drug-likeness (QED) is 0.612. The largest absolute Gasteiger partial charge is 0.322 e. The minimum absolute atomic E-state index is 0.299. The number of aromatic nitrogens is 1. The van der Waals surface area contributed by atoms with E-state index in [0.29, 0.717) is 32.0 Å². The molecule has 6 heteroatoms. The lowest BCUT2D eigenvalue weighted by atomic mass is 10.1. The van der Waals surface area contributed by atoms with E-state index >= 15 is 0 Å². The van der Waals surface area contributed by atoms with E-state index < -0.39 is 0 Å². The predicted octanol–water partition coefficient (Wildman–Crippen LogP) is 5.96. The number of rotatable bonds is 3. The molecule has 3 nitrogen and oxygen atoms in total.